The van der Waals surface area contributed by atoms with E-state index in [2.05, 4.69) is 5.16 Å². The maximum absolute atomic E-state index is 5.61. The molecule has 1 aliphatic carbocycles. The summed E-state index contributed by atoms with van der Waals surface area (Å²) in [6.45, 7) is 3.28. The van der Waals surface area contributed by atoms with Crippen molar-refractivity contribution in [3.63, 3.8) is 0 Å². The Balaban J connectivity index is 1.84. The smallest absolute Gasteiger partial charge is 0.142 e. The Labute approximate surface area is 102 Å². The third-order valence-corrected chi connectivity index (χ3v) is 2.89. The summed E-state index contributed by atoms with van der Waals surface area (Å²) in [4.78, 5) is 5.39. The fourth-order valence-electron chi connectivity index (χ4n) is 2.05. The van der Waals surface area contributed by atoms with Crippen molar-refractivity contribution in [2.45, 2.75) is 38.9 Å². The fraction of sp³-hybridized carbons (Fsp3) is 0.500. The summed E-state index contributed by atoms with van der Waals surface area (Å²) < 4.78 is 5.61. The molecule has 1 fully saturated rings. The first kappa shape index (κ1) is 12.1. The van der Waals surface area contributed by atoms with Crippen LogP contribution >= 0.6 is 0 Å². The van der Waals surface area contributed by atoms with Gasteiger partial charge in [-0.05, 0) is 31.7 Å². The molecule has 1 aliphatic rings. The summed E-state index contributed by atoms with van der Waals surface area (Å²) in [5, 5.41) is 4.21. The van der Waals surface area contributed by atoms with Crippen molar-refractivity contribution in [2.75, 3.05) is 6.61 Å². The lowest BCUT2D eigenvalue weighted by molar-refractivity contribution is 0.0964. The molecule has 1 atom stereocenters. The first-order chi connectivity index (χ1) is 8.40. The van der Waals surface area contributed by atoms with Crippen LogP contribution in [-0.2, 0) is 16.2 Å². The van der Waals surface area contributed by atoms with Gasteiger partial charge in [0.1, 0.15) is 6.61 Å². The molecule has 1 aromatic carbocycles. The number of oxime groups is 1. The van der Waals surface area contributed by atoms with E-state index in [0.29, 0.717) is 6.61 Å². The molecule has 3 heteroatoms. The van der Waals surface area contributed by atoms with Crippen LogP contribution < -0.4 is 0 Å². The molecule has 1 saturated carbocycles. The molecule has 0 N–H and O–H groups in total. The Morgan fingerprint density at radius 1 is 1.29 bits per heavy atom. The van der Waals surface area contributed by atoms with Crippen molar-refractivity contribution in [1.82, 2.24) is 0 Å². The van der Waals surface area contributed by atoms with Crippen LogP contribution in [0.5, 0.6) is 0 Å². The first-order valence-electron chi connectivity index (χ1n) is 6.24. The minimum absolute atomic E-state index is 0.177. The van der Waals surface area contributed by atoms with Crippen LogP contribution in [0.25, 0.3) is 0 Å². The molecular weight excluding hydrogens is 214 g/mol. The van der Waals surface area contributed by atoms with Crippen molar-refractivity contribution in [3.05, 3.63) is 35.9 Å². The topological polar surface area (TPSA) is 30.8 Å². The van der Waals surface area contributed by atoms with Crippen LogP contribution in [-0.4, -0.2) is 18.4 Å². The van der Waals surface area contributed by atoms with Gasteiger partial charge in [0.25, 0.3) is 0 Å². The predicted molar refractivity (Wildman–Crippen MR) is 67.9 cm³/mol. The van der Waals surface area contributed by atoms with E-state index in [9.17, 15) is 0 Å². The summed E-state index contributed by atoms with van der Waals surface area (Å²) in [6, 6.07) is 10.1. The molecule has 17 heavy (non-hydrogen) atoms. The summed E-state index contributed by atoms with van der Waals surface area (Å²) in [5.41, 5.74) is 2.20. The molecule has 2 rings (SSSR count). The lowest BCUT2D eigenvalue weighted by Gasteiger charge is -2.10. The van der Waals surface area contributed by atoms with Gasteiger partial charge < -0.3 is 9.57 Å². The highest BCUT2D eigenvalue weighted by Crippen LogP contribution is 2.19. The second-order valence-electron chi connectivity index (χ2n) is 4.18. The van der Waals surface area contributed by atoms with Crippen molar-refractivity contribution in [1.29, 1.82) is 0 Å². The zero-order chi connectivity index (χ0) is 11.9. The normalized spacial score (nSPS) is 21.9. The zero-order valence-corrected chi connectivity index (χ0v) is 10.3. The number of ether oxygens (including phenoxy) is 1. The number of hydrogen-bond donors (Lipinski definition) is 0. The summed E-state index contributed by atoms with van der Waals surface area (Å²) in [7, 11) is 0. The van der Waals surface area contributed by atoms with E-state index in [4.69, 9.17) is 9.57 Å². The second kappa shape index (κ2) is 6.40. The summed E-state index contributed by atoms with van der Waals surface area (Å²) >= 11 is 0. The van der Waals surface area contributed by atoms with Crippen molar-refractivity contribution in [2.24, 2.45) is 5.16 Å². The zero-order valence-electron chi connectivity index (χ0n) is 10.3. The molecular formula is C14H19NO2. The molecule has 0 spiro atoms. The van der Waals surface area contributed by atoms with Gasteiger partial charge in [0.15, 0.2) is 0 Å². The van der Waals surface area contributed by atoms with Gasteiger partial charge in [0, 0.05) is 6.61 Å². The minimum atomic E-state index is 0.177. The maximum Gasteiger partial charge on any atom is 0.142 e. The lowest BCUT2D eigenvalue weighted by atomic mass is 10.2. The quantitative estimate of drug-likeness (QED) is 0.731. The second-order valence-corrected chi connectivity index (χ2v) is 4.18. The standard InChI is InChI=1S/C14H19NO2/c1-2-16-14-10-6-9-13(14)15-17-11-12-7-4-3-5-8-12/h3-5,7-8,14H,2,6,9-11H2,1H3/b15-13+. The Bertz CT molecular complexity index is 362. The van der Waals surface area contributed by atoms with Gasteiger partial charge in [-0.2, -0.15) is 0 Å². The van der Waals surface area contributed by atoms with Gasteiger partial charge in [-0.1, -0.05) is 35.5 Å². The van der Waals surface area contributed by atoms with E-state index < -0.39 is 0 Å². The van der Waals surface area contributed by atoms with Gasteiger partial charge in [0.2, 0.25) is 0 Å². The fourth-order valence-corrected chi connectivity index (χ4v) is 2.05. The Morgan fingerprint density at radius 2 is 2.12 bits per heavy atom. The van der Waals surface area contributed by atoms with Crippen molar-refractivity contribution < 1.29 is 9.57 Å². The Kier molecular flexibility index (Phi) is 4.56. The van der Waals surface area contributed by atoms with Crippen LogP contribution in [0.1, 0.15) is 31.7 Å². The summed E-state index contributed by atoms with van der Waals surface area (Å²) in [5.74, 6) is 0. The SMILES string of the molecule is CCOC1CCC/C1=N\OCc1ccccc1. The van der Waals surface area contributed by atoms with E-state index in [-0.39, 0.29) is 6.10 Å². The van der Waals surface area contributed by atoms with Crippen molar-refractivity contribution in [3.8, 4) is 0 Å². The van der Waals surface area contributed by atoms with Crippen LogP contribution in [0, 0.1) is 0 Å². The summed E-state index contributed by atoms with van der Waals surface area (Å²) in [6.07, 6.45) is 3.40. The van der Waals surface area contributed by atoms with Gasteiger partial charge >= 0.3 is 0 Å². The number of rotatable bonds is 5. The van der Waals surface area contributed by atoms with E-state index in [1.54, 1.807) is 0 Å². The molecule has 0 saturated heterocycles. The number of benzene rings is 1. The van der Waals surface area contributed by atoms with Crippen LogP contribution in [0.2, 0.25) is 0 Å². The monoisotopic (exact) mass is 233 g/mol. The molecule has 0 aromatic heterocycles. The Hall–Kier alpha value is -1.35. The molecule has 92 valence electrons. The van der Waals surface area contributed by atoms with E-state index >= 15 is 0 Å². The van der Waals surface area contributed by atoms with Gasteiger partial charge in [0.05, 0.1) is 11.8 Å². The molecule has 0 bridgehead atoms. The highest BCUT2D eigenvalue weighted by molar-refractivity contribution is 5.90. The Morgan fingerprint density at radius 3 is 2.88 bits per heavy atom. The van der Waals surface area contributed by atoms with E-state index in [0.717, 1.165) is 37.1 Å². The van der Waals surface area contributed by atoms with Gasteiger partial charge in [-0.25, -0.2) is 0 Å². The highest BCUT2D eigenvalue weighted by Gasteiger charge is 2.23. The third-order valence-electron chi connectivity index (χ3n) is 2.89. The van der Waals surface area contributed by atoms with Gasteiger partial charge in [-0.15, -0.1) is 0 Å². The molecule has 0 aliphatic heterocycles. The van der Waals surface area contributed by atoms with E-state index in [1.807, 2.05) is 37.3 Å². The number of nitrogens with zero attached hydrogens (tertiary/aromatic N) is 1. The lowest BCUT2D eigenvalue weighted by Crippen LogP contribution is -2.18. The van der Waals surface area contributed by atoms with Crippen LogP contribution in [0.3, 0.4) is 0 Å². The van der Waals surface area contributed by atoms with E-state index in [1.165, 1.54) is 0 Å². The molecule has 0 radical (unpaired) electrons. The third kappa shape index (κ3) is 3.56. The number of hydrogen-bond acceptors (Lipinski definition) is 3. The molecule has 3 nitrogen and oxygen atoms in total. The first-order valence-corrected chi connectivity index (χ1v) is 6.24. The maximum atomic E-state index is 5.61. The predicted octanol–water partition coefficient (Wildman–Crippen LogP) is 3.15. The molecule has 0 heterocycles. The van der Waals surface area contributed by atoms with Crippen molar-refractivity contribution >= 4 is 5.71 Å². The van der Waals surface area contributed by atoms with Gasteiger partial charge in [-0.3, -0.25) is 0 Å². The van der Waals surface area contributed by atoms with Crippen LogP contribution in [0.15, 0.2) is 35.5 Å². The molecule has 0 amide bonds. The average Bonchev–Trinajstić information content (AvgIpc) is 2.79. The minimum Gasteiger partial charge on any atom is -0.391 e. The molecule has 1 aromatic rings. The largest absolute Gasteiger partial charge is 0.391 e. The van der Waals surface area contributed by atoms with Crippen LogP contribution in [0.4, 0.5) is 0 Å². The molecule has 1 unspecified atom stereocenters. The highest BCUT2D eigenvalue weighted by atomic mass is 16.6. The average molecular weight is 233 g/mol.